The van der Waals surface area contributed by atoms with E-state index in [0.717, 1.165) is 27.7 Å². The van der Waals surface area contributed by atoms with Crippen molar-refractivity contribution in [3.63, 3.8) is 0 Å². The Morgan fingerprint density at radius 2 is 2.08 bits per heavy atom. The number of carbonyl (C=O) groups excluding carboxylic acids is 1. The van der Waals surface area contributed by atoms with Crippen molar-refractivity contribution in [2.45, 2.75) is 18.8 Å². The molecule has 1 atom stereocenters. The summed E-state index contributed by atoms with van der Waals surface area (Å²) in [5.74, 6) is 0.136. The standard InChI is InChI=1S/C19H19IN4O/c20-15-8-14-11-24(23-18(14)17(9-15)19(21)25)16-5-3-12(4-6-16)13-2-1-7-22-10-13/h3-6,8-9,11,13,22H,1-2,7,10H2,(H2,21,25). The maximum Gasteiger partial charge on any atom is 0.251 e. The minimum Gasteiger partial charge on any atom is -0.366 e. The molecular weight excluding hydrogens is 427 g/mol. The maximum absolute atomic E-state index is 11.7. The molecule has 1 fully saturated rings. The summed E-state index contributed by atoms with van der Waals surface area (Å²) in [6.07, 6.45) is 4.41. The van der Waals surface area contributed by atoms with Crippen LogP contribution in [0.25, 0.3) is 16.6 Å². The zero-order valence-electron chi connectivity index (χ0n) is 13.7. The highest BCUT2D eigenvalue weighted by molar-refractivity contribution is 14.1. The molecule has 1 unspecified atom stereocenters. The quantitative estimate of drug-likeness (QED) is 0.608. The van der Waals surface area contributed by atoms with Gasteiger partial charge in [0, 0.05) is 21.7 Å². The van der Waals surface area contributed by atoms with E-state index < -0.39 is 5.91 Å². The molecule has 1 aliphatic heterocycles. The first-order chi connectivity index (χ1) is 12.1. The lowest BCUT2D eigenvalue weighted by Crippen LogP contribution is -2.28. The van der Waals surface area contributed by atoms with Gasteiger partial charge in [-0.1, -0.05) is 12.1 Å². The predicted molar refractivity (Wildman–Crippen MR) is 107 cm³/mol. The summed E-state index contributed by atoms with van der Waals surface area (Å²) < 4.78 is 2.79. The van der Waals surface area contributed by atoms with Gasteiger partial charge >= 0.3 is 0 Å². The van der Waals surface area contributed by atoms with Gasteiger partial charge in [-0.15, -0.1) is 0 Å². The Hall–Kier alpha value is -1.93. The van der Waals surface area contributed by atoms with Crippen LogP contribution < -0.4 is 11.1 Å². The number of hydrogen-bond donors (Lipinski definition) is 2. The van der Waals surface area contributed by atoms with Gasteiger partial charge in [-0.25, -0.2) is 4.68 Å². The summed E-state index contributed by atoms with van der Waals surface area (Å²) in [6, 6.07) is 12.3. The molecular formula is C19H19IN4O. The number of halogens is 1. The van der Waals surface area contributed by atoms with Crippen LogP contribution in [0.2, 0.25) is 0 Å². The molecule has 2 heterocycles. The Kier molecular flexibility index (Phi) is 4.47. The molecule has 0 aliphatic carbocycles. The zero-order chi connectivity index (χ0) is 17.4. The molecule has 25 heavy (non-hydrogen) atoms. The van der Waals surface area contributed by atoms with Gasteiger partial charge in [0.2, 0.25) is 0 Å². The second-order valence-corrected chi connectivity index (χ2v) is 7.71. The van der Waals surface area contributed by atoms with Gasteiger partial charge in [0.25, 0.3) is 5.91 Å². The number of piperidine rings is 1. The Bertz CT molecular complexity index is 926. The van der Waals surface area contributed by atoms with Crippen LogP contribution in [0.1, 0.15) is 34.7 Å². The van der Waals surface area contributed by atoms with Gasteiger partial charge in [0.15, 0.2) is 0 Å². The zero-order valence-corrected chi connectivity index (χ0v) is 15.9. The highest BCUT2D eigenvalue weighted by Gasteiger charge is 2.16. The van der Waals surface area contributed by atoms with Gasteiger partial charge in [0.05, 0.1) is 11.3 Å². The van der Waals surface area contributed by atoms with Crippen LogP contribution in [-0.2, 0) is 0 Å². The SMILES string of the molecule is NC(=O)c1cc(I)cc2cn(-c3ccc(C4CCCNC4)cc3)nc12. The number of nitrogens with zero attached hydrogens (tertiary/aromatic N) is 2. The molecule has 1 saturated heterocycles. The van der Waals surface area contributed by atoms with Crippen LogP contribution in [0.3, 0.4) is 0 Å². The number of aromatic nitrogens is 2. The summed E-state index contributed by atoms with van der Waals surface area (Å²) in [6.45, 7) is 2.17. The maximum atomic E-state index is 11.7. The molecule has 5 nitrogen and oxygen atoms in total. The van der Waals surface area contributed by atoms with Crippen molar-refractivity contribution in [1.82, 2.24) is 15.1 Å². The molecule has 1 amide bonds. The summed E-state index contributed by atoms with van der Waals surface area (Å²) in [5, 5.41) is 8.96. The third kappa shape index (κ3) is 3.28. The van der Waals surface area contributed by atoms with E-state index in [4.69, 9.17) is 5.73 Å². The number of benzene rings is 2. The summed E-state index contributed by atoms with van der Waals surface area (Å²) in [5.41, 5.74) is 8.95. The first-order valence-electron chi connectivity index (χ1n) is 8.41. The molecule has 4 rings (SSSR count). The minimum absolute atomic E-state index is 0.450. The lowest BCUT2D eigenvalue weighted by atomic mass is 9.92. The van der Waals surface area contributed by atoms with Crippen LogP contribution in [0.5, 0.6) is 0 Å². The van der Waals surface area contributed by atoms with E-state index in [-0.39, 0.29) is 0 Å². The number of amides is 1. The van der Waals surface area contributed by atoms with E-state index >= 15 is 0 Å². The van der Waals surface area contributed by atoms with Crippen LogP contribution in [0, 0.1) is 3.57 Å². The largest absolute Gasteiger partial charge is 0.366 e. The van der Waals surface area contributed by atoms with Crippen molar-refractivity contribution in [3.8, 4) is 5.69 Å². The van der Waals surface area contributed by atoms with E-state index in [0.29, 0.717) is 17.0 Å². The van der Waals surface area contributed by atoms with E-state index in [1.807, 2.05) is 16.9 Å². The van der Waals surface area contributed by atoms with Crippen molar-refractivity contribution < 1.29 is 4.79 Å². The van der Waals surface area contributed by atoms with Gasteiger partial charge in [-0.3, -0.25) is 4.79 Å². The van der Waals surface area contributed by atoms with Crippen LogP contribution >= 0.6 is 22.6 Å². The molecule has 2 aromatic carbocycles. The minimum atomic E-state index is -0.450. The van der Waals surface area contributed by atoms with Gasteiger partial charge in [-0.05, 0) is 77.7 Å². The first kappa shape index (κ1) is 16.5. The van der Waals surface area contributed by atoms with Crippen molar-refractivity contribution in [2.24, 2.45) is 5.73 Å². The molecule has 0 radical (unpaired) electrons. The molecule has 6 heteroatoms. The van der Waals surface area contributed by atoms with Crippen molar-refractivity contribution in [3.05, 3.63) is 57.3 Å². The average molecular weight is 446 g/mol. The lowest BCUT2D eigenvalue weighted by molar-refractivity contribution is 0.100. The first-order valence-corrected chi connectivity index (χ1v) is 9.49. The van der Waals surface area contributed by atoms with Crippen LogP contribution in [0.4, 0.5) is 0 Å². The highest BCUT2D eigenvalue weighted by Crippen LogP contribution is 2.26. The molecule has 3 aromatic rings. The van der Waals surface area contributed by atoms with Crippen molar-refractivity contribution >= 4 is 39.4 Å². The topological polar surface area (TPSA) is 72.9 Å². The molecule has 3 N–H and O–H groups in total. The molecule has 0 spiro atoms. The molecule has 1 aliphatic rings. The molecule has 1 aromatic heterocycles. The fourth-order valence-electron chi connectivity index (χ4n) is 3.45. The monoisotopic (exact) mass is 446 g/mol. The number of carbonyl (C=O) groups is 1. The molecule has 0 saturated carbocycles. The number of nitrogens with one attached hydrogen (secondary N) is 1. The second-order valence-electron chi connectivity index (χ2n) is 6.46. The number of fused-ring (bicyclic) bond motifs is 1. The summed E-state index contributed by atoms with van der Waals surface area (Å²) in [4.78, 5) is 11.7. The Balaban J connectivity index is 1.69. The smallest absolute Gasteiger partial charge is 0.251 e. The van der Waals surface area contributed by atoms with E-state index in [1.165, 1.54) is 18.4 Å². The third-order valence-corrected chi connectivity index (χ3v) is 5.39. The fraction of sp³-hybridized carbons (Fsp3) is 0.263. The van der Waals surface area contributed by atoms with E-state index in [2.05, 4.69) is 57.3 Å². The number of nitrogens with two attached hydrogens (primary N) is 1. The van der Waals surface area contributed by atoms with Crippen LogP contribution in [0.15, 0.2) is 42.6 Å². The van der Waals surface area contributed by atoms with Gasteiger partial charge in [0.1, 0.15) is 5.52 Å². The average Bonchev–Trinajstić information content (AvgIpc) is 3.05. The van der Waals surface area contributed by atoms with E-state index in [1.54, 1.807) is 6.07 Å². The summed E-state index contributed by atoms with van der Waals surface area (Å²) in [7, 11) is 0. The Morgan fingerprint density at radius 1 is 1.28 bits per heavy atom. The van der Waals surface area contributed by atoms with Gasteiger partial charge in [-0.2, -0.15) is 5.10 Å². The van der Waals surface area contributed by atoms with E-state index in [9.17, 15) is 4.79 Å². The predicted octanol–water partition coefficient (Wildman–Crippen LogP) is 3.20. The number of rotatable bonds is 3. The van der Waals surface area contributed by atoms with Crippen molar-refractivity contribution in [1.29, 1.82) is 0 Å². The lowest BCUT2D eigenvalue weighted by Gasteiger charge is -2.23. The number of primary amides is 1. The number of hydrogen-bond acceptors (Lipinski definition) is 3. The Labute approximate surface area is 159 Å². The normalized spacial score (nSPS) is 17.7. The highest BCUT2D eigenvalue weighted by atomic mass is 127. The van der Waals surface area contributed by atoms with Crippen molar-refractivity contribution in [2.75, 3.05) is 13.1 Å². The third-order valence-electron chi connectivity index (χ3n) is 4.76. The summed E-state index contributed by atoms with van der Waals surface area (Å²) >= 11 is 2.19. The Morgan fingerprint density at radius 3 is 2.76 bits per heavy atom. The molecule has 0 bridgehead atoms. The van der Waals surface area contributed by atoms with Crippen LogP contribution in [-0.4, -0.2) is 28.8 Å². The molecule has 128 valence electrons. The fourth-order valence-corrected chi connectivity index (χ4v) is 4.10. The second kappa shape index (κ2) is 6.76. The van der Waals surface area contributed by atoms with Gasteiger partial charge < -0.3 is 11.1 Å².